The van der Waals surface area contributed by atoms with Crippen molar-refractivity contribution in [3.63, 3.8) is 0 Å². The molecule has 72 valence electrons. The molecular formula is C10H20O2. The van der Waals surface area contributed by atoms with Gasteiger partial charge in [0, 0.05) is 12.8 Å². The summed E-state index contributed by atoms with van der Waals surface area (Å²) < 4.78 is 5.58. The molecule has 0 saturated heterocycles. The molecule has 0 aromatic heterocycles. The smallest absolute Gasteiger partial charge is 0.165 e. The Bertz CT molecular complexity index is 128. The molecule has 2 heteroatoms. The zero-order chi connectivity index (χ0) is 9.03. The quantitative estimate of drug-likeness (QED) is 0.663. The lowest BCUT2D eigenvalue weighted by atomic mass is 9.94. The van der Waals surface area contributed by atoms with E-state index in [-0.39, 0.29) is 6.10 Å². The monoisotopic (exact) mass is 172 g/mol. The highest BCUT2D eigenvalue weighted by molar-refractivity contribution is 4.73. The summed E-state index contributed by atoms with van der Waals surface area (Å²) in [6.07, 6.45) is 6.25. The molecule has 0 heterocycles. The van der Waals surface area contributed by atoms with Crippen LogP contribution >= 0.6 is 0 Å². The molecule has 2 nitrogen and oxygen atoms in total. The van der Waals surface area contributed by atoms with Crippen LogP contribution in [-0.2, 0) is 4.74 Å². The summed E-state index contributed by atoms with van der Waals surface area (Å²) in [7, 11) is 0. The lowest BCUT2D eigenvalue weighted by Crippen LogP contribution is -2.37. The third kappa shape index (κ3) is 2.76. The van der Waals surface area contributed by atoms with Gasteiger partial charge in [-0.2, -0.15) is 0 Å². The van der Waals surface area contributed by atoms with Crippen LogP contribution < -0.4 is 0 Å². The molecule has 1 rings (SSSR count). The normalized spacial score (nSPS) is 25.2. The topological polar surface area (TPSA) is 29.5 Å². The first kappa shape index (κ1) is 10.0. The Morgan fingerprint density at radius 3 is 2.42 bits per heavy atom. The fourth-order valence-electron chi connectivity index (χ4n) is 1.68. The fourth-order valence-corrected chi connectivity index (χ4v) is 1.68. The highest BCUT2D eigenvalue weighted by Crippen LogP contribution is 2.30. The van der Waals surface area contributed by atoms with Crippen molar-refractivity contribution in [1.82, 2.24) is 0 Å². The van der Waals surface area contributed by atoms with Crippen LogP contribution in [0.15, 0.2) is 0 Å². The van der Waals surface area contributed by atoms with Gasteiger partial charge in [-0.15, -0.1) is 0 Å². The maximum Gasteiger partial charge on any atom is 0.165 e. The molecule has 1 unspecified atom stereocenters. The Labute approximate surface area is 74.9 Å². The molecule has 0 spiro atoms. The van der Waals surface area contributed by atoms with E-state index in [1.165, 1.54) is 6.42 Å². The Kier molecular flexibility index (Phi) is 3.53. The van der Waals surface area contributed by atoms with Gasteiger partial charge in [0.25, 0.3) is 0 Å². The van der Waals surface area contributed by atoms with Gasteiger partial charge in [0.1, 0.15) is 0 Å². The van der Waals surface area contributed by atoms with Crippen molar-refractivity contribution in [3.8, 4) is 0 Å². The van der Waals surface area contributed by atoms with E-state index >= 15 is 0 Å². The van der Waals surface area contributed by atoms with Gasteiger partial charge in [-0.1, -0.05) is 13.3 Å². The molecule has 0 radical (unpaired) electrons. The van der Waals surface area contributed by atoms with Crippen LogP contribution in [-0.4, -0.2) is 17.0 Å². The summed E-state index contributed by atoms with van der Waals surface area (Å²) in [6, 6.07) is 0. The van der Waals surface area contributed by atoms with E-state index in [1.807, 2.05) is 6.92 Å². The largest absolute Gasteiger partial charge is 0.365 e. The summed E-state index contributed by atoms with van der Waals surface area (Å²) in [5, 5.41) is 9.95. The molecule has 1 atom stereocenters. The van der Waals surface area contributed by atoms with E-state index < -0.39 is 5.79 Å². The van der Waals surface area contributed by atoms with Crippen LogP contribution in [0.25, 0.3) is 0 Å². The van der Waals surface area contributed by atoms with Crippen LogP contribution in [0, 0.1) is 0 Å². The summed E-state index contributed by atoms with van der Waals surface area (Å²) >= 11 is 0. The molecule has 0 amide bonds. The second-order valence-corrected chi connectivity index (χ2v) is 3.84. The first-order chi connectivity index (χ1) is 5.66. The molecule has 0 aliphatic heterocycles. The molecule has 1 aliphatic rings. The predicted molar refractivity (Wildman–Crippen MR) is 48.9 cm³/mol. The van der Waals surface area contributed by atoms with Crippen molar-refractivity contribution in [2.24, 2.45) is 0 Å². The highest BCUT2D eigenvalue weighted by Gasteiger charge is 2.31. The maximum atomic E-state index is 9.95. The summed E-state index contributed by atoms with van der Waals surface area (Å²) in [6.45, 7) is 4.10. The predicted octanol–water partition coefficient (Wildman–Crippen LogP) is 2.45. The molecule has 0 bridgehead atoms. The average molecular weight is 172 g/mol. The third-order valence-electron chi connectivity index (χ3n) is 2.63. The Morgan fingerprint density at radius 1 is 1.33 bits per heavy atom. The molecule has 1 fully saturated rings. The summed E-state index contributed by atoms with van der Waals surface area (Å²) in [5.41, 5.74) is 0. The van der Waals surface area contributed by atoms with Crippen LogP contribution in [0.3, 0.4) is 0 Å². The van der Waals surface area contributed by atoms with Gasteiger partial charge in [-0.3, -0.25) is 0 Å². The molecule has 0 aromatic carbocycles. The Balaban J connectivity index is 2.35. The number of ether oxygens (including phenoxy) is 1. The number of hydrogen-bond donors (Lipinski definition) is 1. The standard InChI is InChI=1S/C10H20O2/c1-3-9(2)12-10(11)7-5-4-6-8-10/h9,11H,3-8H2,1-2H3. The molecule has 12 heavy (non-hydrogen) atoms. The minimum atomic E-state index is -0.798. The van der Waals surface area contributed by atoms with Crippen LogP contribution in [0.5, 0.6) is 0 Å². The van der Waals surface area contributed by atoms with E-state index in [1.54, 1.807) is 0 Å². The van der Waals surface area contributed by atoms with Gasteiger partial charge in [0.2, 0.25) is 0 Å². The van der Waals surface area contributed by atoms with Gasteiger partial charge in [0.05, 0.1) is 6.10 Å². The Hall–Kier alpha value is -0.0800. The van der Waals surface area contributed by atoms with Gasteiger partial charge >= 0.3 is 0 Å². The van der Waals surface area contributed by atoms with Crippen LogP contribution in [0.2, 0.25) is 0 Å². The van der Waals surface area contributed by atoms with Crippen molar-refractivity contribution in [2.45, 2.75) is 64.3 Å². The number of rotatable bonds is 3. The second kappa shape index (κ2) is 4.24. The molecule has 1 saturated carbocycles. The van der Waals surface area contributed by atoms with E-state index in [2.05, 4.69) is 6.92 Å². The van der Waals surface area contributed by atoms with Gasteiger partial charge < -0.3 is 9.84 Å². The van der Waals surface area contributed by atoms with Gasteiger partial charge in [-0.05, 0) is 26.2 Å². The van der Waals surface area contributed by atoms with Crippen molar-refractivity contribution in [2.75, 3.05) is 0 Å². The van der Waals surface area contributed by atoms with Crippen LogP contribution in [0.1, 0.15) is 52.4 Å². The van der Waals surface area contributed by atoms with E-state index in [0.717, 1.165) is 32.1 Å². The average Bonchev–Trinajstić information content (AvgIpc) is 2.05. The van der Waals surface area contributed by atoms with Crippen molar-refractivity contribution < 1.29 is 9.84 Å². The van der Waals surface area contributed by atoms with Gasteiger partial charge in [0.15, 0.2) is 5.79 Å². The Morgan fingerprint density at radius 2 is 1.92 bits per heavy atom. The van der Waals surface area contributed by atoms with E-state index in [0.29, 0.717) is 0 Å². The van der Waals surface area contributed by atoms with E-state index in [9.17, 15) is 5.11 Å². The SMILES string of the molecule is CCC(C)OC1(O)CCCCC1. The summed E-state index contributed by atoms with van der Waals surface area (Å²) in [4.78, 5) is 0. The van der Waals surface area contributed by atoms with Crippen molar-refractivity contribution in [3.05, 3.63) is 0 Å². The van der Waals surface area contributed by atoms with Crippen molar-refractivity contribution in [1.29, 1.82) is 0 Å². The second-order valence-electron chi connectivity index (χ2n) is 3.84. The minimum absolute atomic E-state index is 0.188. The third-order valence-corrected chi connectivity index (χ3v) is 2.63. The highest BCUT2D eigenvalue weighted by atomic mass is 16.6. The first-order valence-electron chi connectivity index (χ1n) is 5.06. The van der Waals surface area contributed by atoms with Gasteiger partial charge in [-0.25, -0.2) is 0 Å². The first-order valence-corrected chi connectivity index (χ1v) is 5.06. The number of hydrogen-bond acceptors (Lipinski definition) is 2. The minimum Gasteiger partial charge on any atom is -0.365 e. The molecule has 1 N–H and O–H groups in total. The maximum absolute atomic E-state index is 9.95. The van der Waals surface area contributed by atoms with E-state index in [4.69, 9.17) is 4.74 Å². The van der Waals surface area contributed by atoms with Crippen molar-refractivity contribution >= 4 is 0 Å². The zero-order valence-corrected chi connectivity index (χ0v) is 8.18. The summed E-state index contributed by atoms with van der Waals surface area (Å²) in [5.74, 6) is -0.798. The fraction of sp³-hybridized carbons (Fsp3) is 1.00. The molecular weight excluding hydrogens is 152 g/mol. The zero-order valence-electron chi connectivity index (χ0n) is 8.18. The molecule has 1 aliphatic carbocycles. The number of aliphatic hydroxyl groups is 1. The van der Waals surface area contributed by atoms with Crippen LogP contribution in [0.4, 0.5) is 0 Å². The lowest BCUT2D eigenvalue weighted by molar-refractivity contribution is -0.241. The lowest BCUT2D eigenvalue weighted by Gasteiger charge is -2.34. The molecule has 0 aromatic rings.